The van der Waals surface area contributed by atoms with Gasteiger partial charge in [-0.05, 0) is 31.5 Å². The van der Waals surface area contributed by atoms with Crippen molar-refractivity contribution >= 4 is 39.3 Å². The number of nitrogens with zero attached hydrogens (tertiary/aromatic N) is 2. The van der Waals surface area contributed by atoms with Crippen molar-refractivity contribution in [2.24, 2.45) is 7.05 Å². The van der Waals surface area contributed by atoms with Crippen molar-refractivity contribution in [2.45, 2.75) is 13.8 Å². The highest BCUT2D eigenvalue weighted by atomic mass is 32.1. The molecular formula is C23H21N3O6S. The molecule has 170 valence electrons. The first-order valence-electron chi connectivity index (χ1n) is 10.0. The number of aromatic nitrogens is 2. The van der Waals surface area contributed by atoms with E-state index in [1.165, 1.54) is 29.3 Å². The maximum atomic E-state index is 13.2. The van der Waals surface area contributed by atoms with Crippen LogP contribution >= 0.6 is 11.3 Å². The number of anilines is 1. The molecule has 4 rings (SSSR count). The standard InChI is InChI=1S/C23H21N3O6S/c1-5-31-23(29)17-15(13-6-8-14(30-4)9-7-13)10-33-21(17)25-19(27)16-12(2)32-20-18(16)22(28)26(3)11-24-20/h6-11H,5H2,1-4H3,(H,25,27). The number of carbonyl (C=O) groups excluding carboxylic acids is 2. The lowest BCUT2D eigenvalue weighted by Gasteiger charge is -2.09. The number of thiophene rings is 1. The summed E-state index contributed by atoms with van der Waals surface area (Å²) in [5.41, 5.74) is 1.36. The van der Waals surface area contributed by atoms with Gasteiger partial charge in [0.25, 0.3) is 11.5 Å². The maximum Gasteiger partial charge on any atom is 0.341 e. The summed E-state index contributed by atoms with van der Waals surface area (Å²) in [5.74, 6) is -0.211. The molecule has 3 aromatic heterocycles. The number of aryl methyl sites for hydroxylation is 2. The molecule has 0 radical (unpaired) electrons. The van der Waals surface area contributed by atoms with Gasteiger partial charge in [0.2, 0.25) is 5.71 Å². The average Bonchev–Trinajstić information content (AvgIpc) is 3.37. The third-order valence-electron chi connectivity index (χ3n) is 5.07. The fourth-order valence-electron chi connectivity index (χ4n) is 3.47. The molecule has 1 aromatic carbocycles. The highest BCUT2D eigenvalue weighted by molar-refractivity contribution is 7.15. The topological polar surface area (TPSA) is 113 Å². The van der Waals surface area contributed by atoms with Gasteiger partial charge < -0.3 is 23.8 Å². The summed E-state index contributed by atoms with van der Waals surface area (Å²) in [5, 5.41) is 4.92. The Bertz CT molecular complexity index is 1410. The largest absolute Gasteiger partial charge is 0.497 e. The molecule has 4 aromatic rings. The summed E-state index contributed by atoms with van der Waals surface area (Å²) >= 11 is 1.19. The molecule has 0 saturated carbocycles. The molecule has 3 heterocycles. The van der Waals surface area contributed by atoms with Crippen molar-refractivity contribution < 1.29 is 23.5 Å². The number of nitrogens with one attached hydrogen (secondary N) is 1. The van der Waals surface area contributed by atoms with Crippen LogP contribution in [-0.2, 0) is 11.8 Å². The van der Waals surface area contributed by atoms with Gasteiger partial charge in [-0.1, -0.05) is 12.1 Å². The van der Waals surface area contributed by atoms with Crippen LogP contribution in [0.2, 0.25) is 0 Å². The number of esters is 1. The fourth-order valence-corrected chi connectivity index (χ4v) is 4.42. The van der Waals surface area contributed by atoms with Crippen molar-refractivity contribution in [2.75, 3.05) is 19.0 Å². The Kier molecular flexibility index (Phi) is 6.01. The molecular weight excluding hydrogens is 446 g/mol. The van der Waals surface area contributed by atoms with Crippen LogP contribution in [0, 0.1) is 6.92 Å². The van der Waals surface area contributed by atoms with Crippen molar-refractivity contribution in [3.05, 3.63) is 63.2 Å². The van der Waals surface area contributed by atoms with E-state index in [0.717, 1.165) is 5.56 Å². The zero-order valence-electron chi connectivity index (χ0n) is 18.4. The predicted molar refractivity (Wildman–Crippen MR) is 124 cm³/mol. The van der Waals surface area contributed by atoms with Crippen LogP contribution in [0.25, 0.3) is 22.2 Å². The molecule has 0 aliphatic rings. The van der Waals surface area contributed by atoms with Gasteiger partial charge in [-0.3, -0.25) is 9.59 Å². The first kappa shape index (κ1) is 22.3. The molecule has 0 aliphatic carbocycles. The van der Waals surface area contributed by atoms with Gasteiger partial charge in [-0.15, -0.1) is 11.3 Å². The smallest absolute Gasteiger partial charge is 0.341 e. The van der Waals surface area contributed by atoms with Gasteiger partial charge in [0.05, 0.1) is 19.3 Å². The number of fused-ring (bicyclic) bond motifs is 1. The Balaban J connectivity index is 1.78. The summed E-state index contributed by atoms with van der Waals surface area (Å²) in [4.78, 5) is 42.7. The minimum Gasteiger partial charge on any atom is -0.497 e. The van der Waals surface area contributed by atoms with Crippen molar-refractivity contribution in [3.8, 4) is 16.9 Å². The Morgan fingerprint density at radius 3 is 2.61 bits per heavy atom. The monoisotopic (exact) mass is 467 g/mol. The van der Waals surface area contributed by atoms with E-state index in [1.807, 2.05) is 12.1 Å². The summed E-state index contributed by atoms with van der Waals surface area (Å²) < 4.78 is 17.2. The normalized spacial score (nSPS) is 10.9. The second kappa shape index (κ2) is 8.91. The molecule has 0 spiro atoms. The van der Waals surface area contributed by atoms with E-state index in [4.69, 9.17) is 13.9 Å². The number of furan rings is 1. The number of rotatable bonds is 6. The summed E-state index contributed by atoms with van der Waals surface area (Å²) in [6.45, 7) is 3.47. The van der Waals surface area contributed by atoms with E-state index in [9.17, 15) is 14.4 Å². The van der Waals surface area contributed by atoms with Crippen molar-refractivity contribution in [1.29, 1.82) is 0 Å². The molecule has 0 saturated heterocycles. The van der Waals surface area contributed by atoms with E-state index in [0.29, 0.717) is 16.3 Å². The minimum atomic E-state index is -0.579. The Morgan fingerprint density at radius 1 is 1.21 bits per heavy atom. The van der Waals surface area contributed by atoms with E-state index in [-0.39, 0.29) is 34.6 Å². The lowest BCUT2D eigenvalue weighted by atomic mass is 10.0. The summed E-state index contributed by atoms with van der Waals surface area (Å²) in [6.07, 6.45) is 1.33. The van der Waals surface area contributed by atoms with Crippen molar-refractivity contribution in [1.82, 2.24) is 9.55 Å². The Labute approximate surface area is 192 Å². The Hall–Kier alpha value is -3.92. The average molecular weight is 468 g/mol. The molecule has 10 heteroatoms. The predicted octanol–water partition coefficient (Wildman–Crippen LogP) is 4.00. The number of benzene rings is 1. The van der Waals surface area contributed by atoms with Gasteiger partial charge in [0.15, 0.2) is 0 Å². The number of hydrogen-bond donors (Lipinski definition) is 1. The van der Waals surface area contributed by atoms with E-state index in [1.54, 1.807) is 38.5 Å². The van der Waals surface area contributed by atoms with Crippen LogP contribution in [0.3, 0.4) is 0 Å². The first-order valence-corrected chi connectivity index (χ1v) is 10.9. The zero-order chi connectivity index (χ0) is 23.7. The molecule has 0 unspecified atom stereocenters. The Morgan fingerprint density at radius 2 is 1.94 bits per heavy atom. The summed E-state index contributed by atoms with van der Waals surface area (Å²) in [6, 6.07) is 7.20. The third kappa shape index (κ3) is 4.00. The third-order valence-corrected chi connectivity index (χ3v) is 5.97. The zero-order valence-corrected chi connectivity index (χ0v) is 19.2. The number of carbonyl (C=O) groups is 2. The van der Waals surface area contributed by atoms with Crippen LogP contribution in [-0.4, -0.2) is 35.1 Å². The van der Waals surface area contributed by atoms with E-state index in [2.05, 4.69) is 10.3 Å². The number of ether oxygens (including phenoxy) is 2. The molecule has 33 heavy (non-hydrogen) atoms. The molecule has 0 atom stereocenters. The second-order valence-corrected chi connectivity index (χ2v) is 8.01. The lowest BCUT2D eigenvalue weighted by molar-refractivity contribution is 0.0529. The first-order chi connectivity index (χ1) is 15.8. The quantitative estimate of drug-likeness (QED) is 0.427. The van der Waals surface area contributed by atoms with Crippen molar-refractivity contribution in [3.63, 3.8) is 0 Å². The number of hydrogen-bond acceptors (Lipinski definition) is 8. The van der Waals surface area contributed by atoms with Crippen LogP contribution in [0.4, 0.5) is 5.00 Å². The van der Waals surface area contributed by atoms with E-state index < -0.39 is 17.4 Å². The molecule has 0 aliphatic heterocycles. The van der Waals surface area contributed by atoms with Gasteiger partial charge >= 0.3 is 5.97 Å². The highest BCUT2D eigenvalue weighted by Gasteiger charge is 2.27. The van der Waals surface area contributed by atoms with Gasteiger partial charge in [-0.2, -0.15) is 0 Å². The highest BCUT2D eigenvalue weighted by Crippen LogP contribution is 2.37. The SMILES string of the molecule is CCOC(=O)c1c(-c2ccc(OC)cc2)csc1NC(=O)c1c(C)oc2ncn(C)c(=O)c12. The van der Waals surface area contributed by atoms with Crippen LogP contribution in [0.5, 0.6) is 5.75 Å². The van der Waals surface area contributed by atoms with E-state index >= 15 is 0 Å². The second-order valence-electron chi connectivity index (χ2n) is 7.13. The molecule has 0 fully saturated rings. The van der Waals surface area contributed by atoms with Crippen LogP contribution < -0.4 is 15.6 Å². The van der Waals surface area contributed by atoms with Crippen LogP contribution in [0.15, 0.2) is 45.2 Å². The van der Waals surface area contributed by atoms with Gasteiger partial charge in [0, 0.05) is 18.0 Å². The molecule has 0 bridgehead atoms. The minimum absolute atomic E-state index is 0.0768. The summed E-state index contributed by atoms with van der Waals surface area (Å²) in [7, 11) is 3.11. The lowest BCUT2D eigenvalue weighted by Crippen LogP contribution is -2.21. The van der Waals surface area contributed by atoms with Crippen LogP contribution in [0.1, 0.15) is 33.4 Å². The fraction of sp³-hybridized carbons (Fsp3) is 0.217. The molecule has 9 nitrogen and oxygen atoms in total. The maximum absolute atomic E-state index is 13.2. The van der Waals surface area contributed by atoms with Gasteiger partial charge in [0.1, 0.15) is 33.8 Å². The number of amides is 1. The molecule has 1 N–H and O–H groups in total. The van der Waals surface area contributed by atoms with Gasteiger partial charge in [-0.25, -0.2) is 9.78 Å². The number of methoxy groups -OCH3 is 1. The molecule has 1 amide bonds.